The first-order valence-corrected chi connectivity index (χ1v) is 10.2. The molecule has 0 spiro atoms. The summed E-state index contributed by atoms with van der Waals surface area (Å²) in [4.78, 5) is 11.8. The van der Waals surface area contributed by atoms with Gasteiger partial charge in [0.05, 0.1) is 10.6 Å². The number of hydrogen-bond acceptors (Lipinski definition) is 4. The van der Waals surface area contributed by atoms with E-state index in [1.54, 1.807) is 16.8 Å². The summed E-state index contributed by atoms with van der Waals surface area (Å²) in [5.74, 6) is -0.0281. The summed E-state index contributed by atoms with van der Waals surface area (Å²) in [7, 11) is -1.72. The van der Waals surface area contributed by atoms with Gasteiger partial charge in [0.25, 0.3) is 0 Å². The van der Waals surface area contributed by atoms with Crippen molar-refractivity contribution in [2.24, 2.45) is 7.05 Å². The van der Waals surface area contributed by atoms with Crippen LogP contribution >= 0.6 is 0 Å². The third kappa shape index (κ3) is 3.81. The summed E-state index contributed by atoms with van der Waals surface area (Å²) < 4.78 is 29.7. The number of nitrogens with zero attached hydrogens (tertiary/aromatic N) is 2. The Bertz CT molecular complexity index is 948. The van der Waals surface area contributed by atoms with Crippen LogP contribution < -0.4 is 10.0 Å². The molecule has 0 fully saturated rings. The molecule has 1 aliphatic rings. The van der Waals surface area contributed by atoms with Gasteiger partial charge in [-0.15, -0.1) is 0 Å². The fraction of sp³-hybridized carbons (Fsp3) is 0.444. The van der Waals surface area contributed by atoms with Crippen molar-refractivity contribution < 1.29 is 13.2 Å². The third-order valence-corrected chi connectivity index (χ3v) is 6.30. The number of carbonyl (C=O) groups excluding carboxylic acids is 1. The van der Waals surface area contributed by atoms with E-state index in [2.05, 4.69) is 15.1 Å². The largest absolute Gasteiger partial charge is 0.326 e. The van der Waals surface area contributed by atoms with Crippen LogP contribution in [0.3, 0.4) is 0 Å². The lowest BCUT2D eigenvalue weighted by atomic mass is 10.1. The molecule has 8 heteroatoms. The number of aromatic nitrogens is 2. The molecule has 26 heavy (non-hydrogen) atoms. The number of anilines is 1. The fourth-order valence-corrected chi connectivity index (χ4v) is 4.37. The van der Waals surface area contributed by atoms with Crippen LogP contribution in [0.25, 0.3) is 0 Å². The van der Waals surface area contributed by atoms with E-state index in [-0.39, 0.29) is 10.8 Å². The van der Waals surface area contributed by atoms with Crippen molar-refractivity contribution in [1.82, 2.24) is 14.5 Å². The van der Waals surface area contributed by atoms with E-state index in [0.717, 1.165) is 28.9 Å². The second kappa shape index (κ2) is 7.20. The number of benzene rings is 1. The van der Waals surface area contributed by atoms with Gasteiger partial charge in [-0.05, 0) is 62.4 Å². The molecule has 2 N–H and O–H groups in total. The highest BCUT2D eigenvalue weighted by atomic mass is 32.2. The number of sulfonamides is 1. The molecule has 0 bridgehead atoms. The van der Waals surface area contributed by atoms with Gasteiger partial charge in [0.2, 0.25) is 15.9 Å². The van der Waals surface area contributed by atoms with Crippen LogP contribution in [0.2, 0.25) is 0 Å². The van der Waals surface area contributed by atoms with Crippen molar-refractivity contribution in [1.29, 1.82) is 0 Å². The second-order valence-corrected chi connectivity index (χ2v) is 8.41. The van der Waals surface area contributed by atoms with Crippen LogP contribution in [0.15, 0.2) is 23.1 Å². The Labute approximate surface area is 153 Å². The van der Waals surface area contributed by atoms with Gasteiger partial charge >= 0.3 is 0 Å². The molecule has 0 atom stereocenters. The Balaban J connectivity index is 1.72. The molecule has 140 valence electrons. The van der Waals surface area contributed by atoms with Crippen LogP contribution in [0.5, 0.6) is 0 Å². The lowest BCUT2D eigenvalue weighted by molar-refractivity contribution is -0.116. The van der Waals surface area contributed by atoms with Crippen molar-refractivity contribution in [2.45, 2.75) is 44.4 Å². The van der Waals surface area contributed by atoms with Gasteiger partial charge in [0.15, 0.2) is 0 Å². The Morgan fingerprint density at radius 3 is 2.73 bits per heavy atom. The molecule has 0 radical (unpaired) electrons. The number of carbonyl (C=O) groups is 1. The normalized spacial score (nSPS) is 14.7. The number of fused-ring (bicyclic) bond motifs is 1. The van der Waals surface area contributed by atoms with Crippen LogP contribution in [-0.4, -0.2) is 30.7 Å². The van der Waals surface area contributed by atoms with Crippen molar-refractivity contribution in [3.05, 3.63) is 40.7 Å². The monoisotopic (exact) mass is 376 g/mol. The summed E-state index contributed by atoms with van der Waals surface area (Å²) >= 11 is 0. The Morgan fingerprint density at radius 1 is 1.27 bits per heavy atom. The summed E-state index contributed by atoms with van der Waals surface area (Å²) in [6.07, 6.45) is 2.45. The molecule has 0 saturated carbocycles. The zero-order chi connectivity index (χ0) is 18.9. The smallest absolute Gasteiger partial charge is 0.240 e. The molecular weight excluding hydrogens is 352 g/mol. The first-order chi connectivity index (χ1) is 12.3. The van der Waals surface area contributed by atoms with Crippen LogP contribution in [0.4, 0.5) is 5.69 Å². The molecule has 1 aromatic heterocycles. The zero-order valence-corrected chi connectivity index (χ0v) is 16.1. The Morgan fingerprint density at radius 2 is 2.04 bits per heavy atom. The van der Waals surface area contributed by atoms with Crippen molar-refractivity contribution >= 4 is 21.6 Å². The van der Waals surface area contributed by atoms with E-state index in [4.69, 9.17) is 0 Å². The Hall–Kier alpha value is -2.19. The van der Waals surface area contributed by atoms with Gasteiger partial charge in [-0.25, -0.2) is 13.1 Å². The zero-order valence-electron chi connectivity index (χ0n) is 15.3. The average Bonchev–Trinajstić information content (AvgIpc) is 2.74. The van der Waals surface area contributed by atoms with Crippen LogP contribution in [-0.2, 0) is 34.7 Å². The lowest BCUT2D eigenvalue weighted by Gasteiger charge is -2.11. The summed E-state index contributed by atoms with van der Waals surface area (Å²) in [5.41, 5.74) is 4.60. The van der Waals surface area contributed by atoms with Gasteiger partial charge in [-0.1, -0.05) is 0 Å². The van der Waals surface area contributed by atoms with Gasteiger partial charge in [-0.3, -0.25) is 9.48 Å². The SMILES string of the molecule is Cc1nn(C)c(C)c1CCNS(=O)(=O)c1ccc2c(c1)CCCC(=O)N2. The molecule has 0 aliphatic carbocycles. The van der Waals surface area contributed by atoms with Gasteiger partial charge in [0.1, 0.15) is 0 Å². The standard InChI is InChI=1S/C18H24N4O3S/c1-12-16(13(2)22(3)21-12)9-10-19-26(24,25)15-7-8-17-14(11-15)5-4-6-18(23)20-17/h7-8,11,19H,4-6,9-10H2,1-3H3,(H,20,23). The second-order valence-electron chi connectivity index (χ2n) is 6.64. The molecular formula is C18H24N4O3S. The molecule has 1 aliphatic heterocycles. The highest BCUT2D eigenvalue weighted by Gasteiger charge is 2.19. The van der Waals surface area contributed by atoms with Gasteiger partial charge in [-0.2, -0.15) is 5.10 Å². The highest BCUT2D eigenvalue weighted by Crippen LogP contribution is 2.25. The van der Waals surface area contributed by atoms with Crippen molar-refractivity contribution in [3.8, 4) is 0 Å². The number of amides is 1. The predicted molar refractivity (Wildman–Crippen MR) is 99.6 cm³/mol. The van der Waals surface area contributed by atoms with Crippen LogP contribution in [0.1, 0.15) is 35.4 Å². The minimum absolute atomic E-state index is 0.0281. The first kappa shape index (κ1) is 18.6. The molecule has 0 unspecified atom stereocenters. The molecule has 2 aromatic rings. The van der Waals surface area contributed by atoms with E-state index in [1.165, 1.54) is 6.07 Å². The maximum absolute atomic E-state index is 12.6. The van der Waals surface area contributed by atoms with E-state index >= 15 is 0 Å². The van der Waals surface area contributed by atoms with Crippen molar-refractivity contribution in [2.75, 3.05) is 11.9 Å². The number of nitrogens with one attached hydrogen (secondary N) is 2. The topological polar surface area (TPSA) is 93.1 Å². The maximum atomic E-state index is 12.6. The lowest BCUT2D eigenvalue weighted by Crippen LogP contribution is -2.26. The van der Waals surface area contributed by atoms with E-state index < -0.39 is 10.0 Å². The van der Waals surface area contributed by atoms with E-state index in [9.17, 15) is 13.2 Å². The number of aryl methyl sites for hydroxylation is 3. The fourth-order valence-electron chi connectivity index (χ4n) is 3.29. The predicted octanol–water partition coefficient (Wildman–Crippen LogP) is 1.83. The summed E-state index contributed by atoms with van der Waals surface area (Å²) in [6.45, 7) is 4.21. The first-order valence-electron chi connectivity index (χ1n) is 8.69. The minimum Gasteiger partial charge on any atom is -0.326 e. The molecule has 0 saturated heterocycles. The molecule has 7 nitrogen and oxygen atoms in total. The van der Waals surface area contributed by atoms with E-state index in [1.807, 2.05) is 20.9 Å². The number of rotatable bonds is 5. The maximum Gasteiger partial charge on any atom is 0.240 e. The van der Waals surface area contributed by atoms with E-state index in [0.29, 0.717) is 31.5 Å². The molecule has 1 amide bonds. The molecule has 1 aromatic carbocycles. The van der Waals surface area contributed by atoms with Gasteiger partial charge < -0.3 is 5.32 Å². The summed E-state index contributed by atoms with van der Waals surface area (Å²) in [6, 6.07) is 4.86. The quantitative estimate of drug-likeness (QED) is 0.833. The average molecular weight is 376 g/mol. The minimum atomic E-state index is -3.60. The van der Waals surface area contributed by atoms with Crippen LogP contribution in [0, 0.1) is 13.8 Å². The van der Waals surface area contributed by atoms with Crippen molar-refractivity contribution in [3.63, 3.8) is 0 Å². The Kier molecular flexibility index (Phi) is 5.15. The number of hydrogen-bond donors (Lipinski definition) is 2. The van der Waals surface area contributed by atoms with Gasteiger partial charge in [0, 0.05) is 31.4 Å². The molecule has 3 rings (SSSR count). The summed E-state index contributed by atoms with van der Waals surface area (Å²) in [5, 5.41) is 7.17. The third-order valence-electron chi connectivity index (χ3n) is 4.84. The highest BCUT2D eigenvalue weighted by molar-refractivity contribution is 7.89. The molecule has 2 heterocycles.